The molecule has 0 radical (unpaired) electrons. The molecule has 242 valence electrons. The third-order valence-corrected chi connectivity index (χ3v) is 7.92. The minimum absolute atomic E-state index is 0.00229. The van der Waals surface area contributed by atoms with Gasteiger partial charge in [0.2, 0.25) is 11.8 Å². The van der Waals surface area contributed by atoms with E-state index in [2.05, 4.69) is 20.9 Å². The molecule has 3 aromatic rings. The van der Waals surface area contributed by atoms with E-state index in [1.807, 2.05) is 51.1 Å². The molecule has 11 nitrogen and oxygen atoms in total. The second kappa shape index (κ2) is 16.5. The van der Waals surface area contributed by atoms with Crippen LogP contribution in [0, 0.1) is 31.1 Å². The first-order chi connectivity index (χ1) is 21.8. The largest absolute Gasteiger partial charge is 0.391 e. The van der Waals surface area contributed by atoms with Crippen LogP contribution in [-0.4, -0.2) is 59.0 Å². The van der Waals surface area contributed by atoms with Gasteiger partial charge in [-0.15, -0.1) is 11.3 Å². The number of thiazole rings is 1. The molecule has 2 aromatic carbocycles. The summed E-state index contributed by atoms with van der Waals surface area (Å²) in [6, 6.07) is 14.0. The number of nitrogens with one attached hydrogen (secondary N) is 3. The van der Waals surface area contributed by atoms with E-state index < -0.39 is 41.8 Å². The van der Waals surface area contributed by atoms with Gasteiger partial charge in [0.05, 0.1) is 17.3 Å². The molecule has 1 heterocycles. The molecule has 12 heteroatoms. The molecule has 0 aliphatic rings. The Kier molecular flexibility index (Phi) is 12.7. The van der Waals surface area contributed by atoms with Crippen molar-refractivity contribution in [2.24, 2.45) is 5.92 Å². The fraction of sp³-hybridized carbons (Fsp3) is 0.353. The molecular weight excluding hydrogens is 604 g/mol. The van der Waals surface area contributed by atoms with Crippen molar-refractivity contribution in [3.8, 4) is 6.07 Å². The van der Waals surface area contributed by atoms with Crippen molar-refractivity contribution >= 4 is 40.7 Å². The van der Waals surface area contributed by atoms with Crippen molar-refractivity contribution in [1.82, 2.24) is 20.9 Å². The number of carbonyl (C=O) groups excluding carboxylic acids is 4. The molecule has 4 amide bonds. The average Bonchev–Trinajstić information content (AvgIpc) is 3.47. The number of hydrogen-bond acceptors (Lipinski definition) is 8. The van der Waals surface area contributed by atoms with Crippen LogP contribution < -0.4 is 20.9 Å². The maximum absolute atomic E-state index is 13.5. The molecule has 1 aromatic heterocycles. The normalized spacial score (nSPS) is 13.2. The number of hydrogen-bond donors (Lipinski definition) is 4. The zero-order chi connectivity index (χ0) is 34.0. The van der Waals surface area contributed by atoms with Crippen LogP contribution in [0.4, 0.5) is 5.69 Å². The second-order valence-corrected chi connectivity index (χ2v) is 12.6. The fourth-order valence-electron chi connectivity index (χ4n) is 4.49. The number of aliphatic hydroxyl groups is 1. The van der Waals surface area contributed by atoms with E-state index in [0.717, 1.165) is 22.5 Å². The summed E-state index contributed by atoms with van der Waals surface area (Å²) in [5.74, 6) is -2.27. The molecule has 3 atom stereocenters. The van der Waals surface area contributed by atoms with Gasteiger partial charge < -0.3 is 26.0 Å². The van der Waals surface area contributed by atoms with E-state index in [4.69, 9.17) is 0 Å². The van der Waals surface area contributed by atoms with Crippen LogP contribution in [0.25, 0.3) is 0 Å². The highest BCUT2D eigenvalue weighted by Gasteiger charge is 2.31. The molecule has 0 saturated heterocycles. The van der Waals surface area contributed by atoms with Gasteiger partial charge in [-0.1, -0.05) is 61.9 Å². The standard InChI is InChI=1S/C34H40N6O5S/c1-20(2)14-26(17-35)34(45)40(6)27-9-7-8-25(15-27)16-28(31(42)37-18-24-12-10-21(3)11-13-24)38-33(44)30(22(4)41)39-32(43)29-19-36-23(5)46-29/h7-15,19-20,22,28,30,41H,16,18H2,1-6H3,(H,37,42)(H,38,44)(H,39,43). The van der Waals surface area contributed by atoms with E-state index in [9.17, 15) is 29.5 Å². The van der Waals surface area contributed by atoms with E-state index in [1.54, 1.807) is 44.3 Å². The van der Waals surface area contributed by atoms with Gasteiger partial charge in [-0.05, 0) is 49.9 Å². The lowest BCUT2D eigenvalue weighted by atomic mass is 10.0. The summed E-state index contributed by atoms with van der Waals surface area (Å²) >= 11 is 1.15. The maximum Gasteiger partial charge on any atom is 0.268 e. The lowest BCUT2D eigenvalue weighted by Crippen LogP contribution is -2.57. The van der Waals surface area contributed by atoms with Gasteiger partial charge in [-0.3, -0.25) is 19.2 Å². The van der Waals surface area contributed by atoms with Crippen molar-refractivity contribution in [2.75, 3.05) is 11.9 Å². The van der Waals surface area contributed by atoms with Crippen LogP contribution in [0.15, 0.2) is 66.4 Å². The van der Waals surface area contributed by atoms with Crippen LogP contribution in [0.3, 0.4) is 0 Å². The van der Waals surface area contributed by atoms with Gasteiger partial charge in [-0.2, -0.15) is 5.26 Å². The Morgan fingerprint density at radius 1 is 1.02 bits per heavy atom. The predicted octanol–water partition coefficient (Wildman–Crippen LogP) is 3.35. The molecule has 0 spiro atoms. The van der Waals surface area contributed by atoms with Crippen molar-refractivity contribution in [3.63, 3.8) is 0 Å². The maximum atomic E-state index is 13.5. The number of carbonyl (C=O) groups is 4. The number of aromatic nitrogens is 1. The molecule has 4 N–H and O–H groups in total. The summed E-state index contributed by atoms with van der Waals surface area (Å²) in [7, 11) is 1.56. The van der Waals surface area contributed by atoms with Crippen LogP contribution >= 0.6 is 11.3 Å². The van der Waals surface area contributed by atoms with Crippen molar-refractivity contribution in [1.29, 1.82) is 5.26 Å². The highest BCUT2D eigenvalue weighted by Crippen LogP contribution is 2.19. The van der Waals surface area contributed by atoms with Crippen molar-refractivity contribution in [3.05, 3.63) is 93.0 Å². The Labute approximate surface area is 273 Å². The summed E-state index contributed by atoms with van der Waals surface area (Å²) in [5.41, 5.74) is 3.07. The lowest BCUT2D eigenvalue weighted by molar-refractivity contribution is -0.131. The minimum Gasteiger partial charge on any atom is -0.391 e. The van der Waals surface area contributed by atoms with Gasteiger partial charge in [0, 0.05) is 25.7 Å². The van der Waals surface area contributed by atoms with E-state index in [0.29, 0.717) is 16.3 Å². The van der Waals surface area contributed by atoms with Crippen molar-refractivity contribution in [2.45, 2.75) is 65.8 Å². The summed E-state index contributed by atoms with van der Waals surface area (Å²) in [4.78, 5) is 58.5. The number of aliphatic hydroxyl groups excluding tert-OH is 1. The zero-order valence-corrected chi connectivity index (χ0v) is 27.6. The first kappa shape index (κ1) is 35.6. The van der Waals surface area contributed by atoms with Gasteiger partial charge >= 0.3 is 0 Å². The molecule has 46 heavy (non-hydrogen) atoms. The summed E-state index contributed by atoms with van der Waals surface area (Å²) < 4.78 is 0. The molecule has 0 aliphatic carbocycles. The molecular formula is C34H40N6O5S. The quantitative estimate of drug-likeness (QED) is 0.164. The fourth-order valence-corrected chi connectivity index (χ4v) is 5.17. The number of rotatable bonds is 13. The summed E-state index contributed by atoms with van der Waals surface area (Å²) in [6.45, 7) is 9.03. The van der Waals surface area contributed by atoms with Gasteiger partial charge in [-0.25, -0.2) is 4.98 Å². The van der Waals surface area contributed by atoms with Gasteiger partial charge in [0.15, 0.2) is 0 Å². The van der Waals surface area contributed by atoms with Crippen LogP contribution in [0.5, 0.6) is 0 Å². The van der Waals surface area contributed by atoms with Gasteiger partial charge in [0.25, 0.3) is 11.8 Å². The Morgan fingerprint density at radius 3 is 2.30 bits per heavy atom. The molecule has 0 aliphatic heterocycles. The topological polar surface area (TPSA) is 165 Å². The molecule has 0 bridgehead atoms. The lowest BCUT2D eigenvalue weighted by Gasteiger charge is -2.25. The number of allylic oxidation sites excluding steroid dienone is 1. The number of nitriles is 1. The van der Waals surface area contributed by atoms with E-state index in [1.165, 1.54) is 18.0 Å². The Balaban J connectivity index is 1.85. The Morgan fingerprint density at radius 2 is 1.72 bits per heavy atom. The van der Waals surface area contributed by atoms with Crippen LogP contribution in [-0.2, 0) is 27.3 Å². The number of anilines is 1. The number of aryl methyl sites for hydroxylation is 2. The van der Waals surface area contributed by atoms with Crippen molar-refractivity contribution < 1.29 is 24.3 Å². The number of likely N-dealkylation sites (N-methyl/N-ethyl adjacent to an activating group) is 1. The minimum atomic E-state index is -1.35. The smallest absolute Gasteiger partial charge is 0.268 e. The van der Waals surface area contributed by atoms with E-state index >= 15 is 0 Å². The molecule has 3 rings (SSSR count). The van der Waals surface area contributed by atoms with Crippen LogP contribution in [0.2, 0.25) is 0 Å². The predicted molar refractivity (Wildman–Crippen MR) is 177 cm³/mol. The highest BCUT2D eigenvalue weighted by atomic mass is 32.1. The summed E-state index contributed by atoms with van der Waals surface area (Å²) in [6.07, 6.45) is 1.74. The number of benzene rings is 2. The van der Waals surface area contributed by atoms with Crippen LogP contribution in [0.1, 0.15) is 52.1 Å². The Bertz CT molecular complexity index is 1620. The monoisotopic (exact) mass is 644 g/mol. The third kappa shape index (κ3) is 10.1. The Hall–Kier alpha value is -4.86. The second-order valence-electron chi connectivity index (χ2n) is 11.4. The van der Waals surface area contributed by atoms with E-state index in [-0.39, 0.29) is 29.3 Å². The molecule has 0 fully saturated rings. The first-order valence-electron chi connectivity index (χ1n) is 14.8. The third-order valence-electron chi connectivity index (χ3n) is 7.01. The average molecular weight is 645 g/mol. The van der Waals surface area contributed by atoms with Gasteiger partial charge in [0.1, 0.15) is 28.6 Å². The highest BCUT2D eigenvalue weighted by molar-refractivity contribution is 7.13. The summed E-state index contributed by atoms with van der Waals surface area (Å²) in [5, 5.41) is 28.7. The first-order valence-corrected chi connectivity index (χ1v) is 15.6. The molecule has 0 saturated carbocycles. The zero-order valence-electron chi connectivity index (χ0n) is 26.8. The molecule has 3 unspecified atom stereocenters. The number of amides is 4. The number of nitrogens with zero attached hydrogens (tertiary/aromatic N) is 3. The SMILES string of the molecule is Cc1ccc(CNC(=O)C(Cc2cccc(N(C)C(=O)C(C#N)=CC(C)C)c2)NC(=O)C(NC(=O)c2cnc(C)s2)C(C)O)cc1.